The van der Waals surface area contributed by atoms with Crippen molar-refractivity contribution in [1.82, 2.24) is 9.97 Å². The summed E-state index contributed by atoms with van der Waals surface area (Å²) in [7, 11) is 0. The Bertz CT molecular complexity index is 884. The average molecular weight is 347 g/mol. The molecule has 2 aromatic heterocycles. The maximum atomic E-state index is 12.3. The van der Waals surface area contributed by atoms with Crippen LogP contribution in [-0.4, -0.2) is 27.7 Å². The number of rotatable bonds is 3. The first kappa shape index (κ1) is 14.2. The molecule has 0 saturated carbocycles. The SMILES string of the molecule is O=C(Nc1nc2ccccc2[nH]1)C1CC(c2ccc(Cl)s2)=NO1. The molecule has 0 fully saturated rings. The number of aromatic amines is 1. The number of para-hydroxylation sites is 2. The predicted molar refractivity (Wildman–Crippen MR) is 90.1 cm³/mol. The van der Waals surface area contributed by atoms with Gasteiger partial charge in [0.25, 0.3) is 5.91 Å². The molecule has 1 atom stereocenters. The van der Waals surface area contributed by atoms with E-state index in [1.54, 1.807) is 6.07 Å². The highest BCUT2D eigenvalue weighted by atomic mass is 35.5. The van der Waals surface area contributed by atoms with E-state index in [-0.39, 0.29) is 5.91 Å². The van der Waals surface area contributed by atoms with Crippen LogP contribution in [-0.2, 0) is 9.63 Å². The molecule has 0 saturated heterocycles. The second-order valence-corrected chi connectivity index (χ2v) is 6.75. The van der Waals surface area contributed by atoms with Gasteiger partial charge in [-0.15, -0.1) is 11.3 Å². The Kier molecular flexibility index (Phi) is 3.51. The van der Waals surface area contributed by atoms with Crippen LogP contribution in [0.1, 0.15) is 11.3 Å². The van der Waals surface area contributed by atoms with Gasteiger partial charge in [-0.3, -0.25) is 10.1 Å². The third kappa shape index (κ3) is 2.80. The van der Waals surface area contributed by atoms with Gasteiger partial charge in [-0.25, -0.2) is 4.98 Å². The molecule has 1 aromatic carbocycles. The molecule has 0 aliphatic carbocycles. The number of anilines is 1. The van der Waals surface area contributed by atoms with E-state index in [1.807, 2.05) is 30.3 Å². The number of imidazole rings is 1. The second kappa shape index (κ2) is 5.68. The molecule has 2 N–H and O–H groups in total. The van der Waals surface area contributed by atoms with Crippen LogP contribution in [0.15, 0.2) is 41.6 Å². The zero-order chi connectivity index (χ0) is 15.8. The Balaban J connectivity index is 1.44. The van der Waals surface area contributed by atoms with Crippen LogP contribution in [0.3, 0.4) is 0 Å². The third-order valence-electron chi connectivity index (χ3n) is 3.45. The van der Waals surface area contributed by atoms with Crippen molar-refractivity contribution in [2.75, 3.05) is 5.32 Å². The number of halogens is 1. The molecule has 23 heavy (non-hydrogen) atoms. The number of nitrogens with one attached hydrogen (secondary N) is 2. The van der Waals surface area contributed by atoms with Crippen LogP contribution in [0.4, 0.5) is 5.95 Å². The minimum absolute atomic E-state index is 0.287. The summed E-state index contributed by atoms with van der Waals surface area (Å²) in [6.45, 7) is 0. The van der Waals surface area contributed by atoms with E-state index in [2.05, 4.69) is 20.4 Å². The van der Waals surface area contributed by atoms with Crippen LogP contribution in [0, 0.1) is 0 Å². The van der Waals surface area contributed by atoms with Gasteiger partial charge in [-0.1, -0.05) is 28.9 Å². The molecule has 3 heterocycles. The lowest BCUT2D eigenvalue weighted by Gasteiger charge is -2.06. The quantitative estimate of drug-likeness (QED) is 0.762. The highest BCUT2D eigenvalue weighted by Crippen LogP contribution is 2.26. The molecule has 1 amide bonds. The van der Waals surface area contributed by atoms with E-state index in [1.165, 1.54) is 11.3 Å². The molecule has 0 radical (unpaired) electrons. The van der Waals surface area contributed by atoms with Crippen molar-refractivity contribution in [3.63, 3.8) is 0 Å². The van der Waals surface area contributed by atoms with E-state index >= 15 is 0 Å². The maximum Gasteiger partial charge on any atom is 0.271 e. The molecule has 0 bridgehead atoms. The molecule has 1 aliphatic heterocycles. The van der Waals surface area contributed by atoms with Crippen molar-refractivity contribution in [3.05, 3.63) is 45.6 Å². The Labute approximate surface area is 140 Å². The Morgan fingerprint density at radius 1 is 1.35 bits per heavy atom. The number of carbonyl (C=O) groups is 1. The number of aromatic nitrogens is 2. The smallest absolute Gasteiger partial charge is 0.271 e. The molecule has 3 aromatic rings. The average Bonchev–Trinajstić information content (AvgIpc) is 3.24. The molecular formula is C15H11ClN4O2S. The summed E-state index contributed by atoms with van der Waals surface area (Å²) in [6.07, 6.45) is -0.262. The van der Waals surface area contributed by atoms with Gasteiger partial charge in [-0.05, 0) is 24.3 Å². The van der Waals surface area contributed by atoms with Gasteiger partial charge >= 0.3 is 0 Å². The number of hydrogen-bond donors (Lipinski definition) is 2. The molecule has 1 unspecified atom stereocenters. The predicted octanol–water partition coefficient (Wildman–Crippen LogP) is 3.41. The van der Waals surface area contributed by atoms with Gasteiger partial charge in [0, 0.05) is 6.42 Å². The summed E-state index contributed by atoms with van der Waals surface area (Å²) in [5, 5.41) is 6.71. The van der Waals surface area contributed by atoms with Crippen molar-refractivity contribution in [3.8, 4) is 0 Å². The first-order valence-corrected chi connectivity index (χ1v) is 8.12. The summed E-state index contributed by atoms with van der Waals surface area (Å²) in [6, 6.07) is 11.2. The number of nitrogens with zero attached hydrogens (tertiary/aromatic N) is 2. The van der Waals surface area contributed by atoms with E-state index in [9.17, 15) is 4.79 Å². The molecular weight excluding hydrogens is 336 g/mol. The number of hydrogen-bond acceptors (Lipinski definition) is 5. The number of amides is 1. The van der Waals surface area contributed by atoms with E-state index < -0.39 is 6.10 Å². The van der Waals surface area contributed by atoms with Crippen LogP contribution < -0.4 is 5.32 Å². The number of thiophene rings is 1. The van der Waals surface area contributed by atoms with E-state index in [0.717, 1.165) is 21.6 Å². The number of oxime groups is 1. The topological polar surface area (TPSA) is 79.4 Å². The second-order valence-electron chi connectivity index (χ2n) is 5.03. The third-order valence-corrected chi connectivity index (χ3v) is 4.73. The first-order valence-electron chi connectivity index (χ1n) is 6.93. The highest BCUT2D eigenvalue weighted by molar-refractivity contribution is 7.18. The van der Waals surface area contributed by atoms with Gasteiger partial charge in [0.15, 0.2) is 0 Å². The van der Waals surface area contributed by atoms with Gasteiger partial charge in [0.2, 0.25) is 12.1 Å². The lowest BCUT2D eigenvalue weighted by Crippen LogP contribution is -2.28. The van der Waals surface area contributed by atoms with Crippen molar-refractivity contribution < 1.29 is 9.63 Å². The van der Waals surface area contributed by atoms with Crippen LogP contribution in [0.5, 0.6) is 0 Å². The van der Waals surface area contributed by atoms with Crippen LogP contribution in [0.25, 0.3) is 11.0 Å². The molecule has 0 spiro atoms. The van der Waals surface area contributed by atoms with Gasteiger partial charge in [0.05, 0.1) is 20.2 Å². The van der Waals surface area contributed by atoms with Gasteiger partial charge in [0.1, 0.15) is 5.71 Å². The lowest BCUT2D eigenvalue weighted by atomic mass is 10.1. The number of H-pyrrole nitrogens is 1. The molecule has 8 heteroatoms. The molecule has 4 rings (SSSR count). The normalized spacial score (nSPS) is 17.1. The number of carbonyl (C=O) groups excluding carboxylic acids is 1. The summed E-state index contributed by atoms with van der Waals surface area (Å²) < 4.78 is 0.679. The van der Waals surface area contributed by atoms with Crippen molar-refractivity contribution >= 4 is 51.5 Å². The van der Waals surface area contributed by atoms with E-state index in [0.29, 0.717) is 16.7 Å². The lowest BCUT2D eigenvalue weighted by molar-refractivity contribution is -0.125. The summed E-state index contributed by atoms with van der Waals surface area (Å²) in [4.78, 5) is 25.8. The fourth-order valence-electron chi connectivity index (χ4n) is 2.34. The monoisotopic (exact) mass is 346 g/mol. The Hall–Kier alpha value is -2.38. The summed E-state index contributed by atoms with van der Waals surface area (Å²) in [5.74, 6) is 0.109. The van der Waals surface area contributed by atoms with Crippen LogP contribution >= 0.6 is 22.9 Å². The largest absolute Gasteiger partial charge is 0.382 e. The van der Waals surface area contributed by atoms with E-state index in [4.69, 9.17) is 16.4 Å². The van der Waals surface area contributed by atoms with Gasteiger partial charge in [-0.2, -0.15) is 0 Å². The molecule has 1 aliphatic rings. The molecule has 6 nitrogen and oxygen atoms in total. The summed E-state index contributed by atoms with van der Waals surface area (Å²) in [5.41, 5.74) is 2.38. The first-order chi connectivity index (χ1) is 11.2. The van der Waals surface area contributed by atoms with Crippen LogP contribution in [0.2, 0.25) is 4.34 Å². The fourth-order valence-corrected chi connectivity index (χ4v) is 3.38. The Morgan fingerprint density at radius 3 is 3.00 bits per heavy atom. The maximum absolute atomic E-state index is 12.3. The van der Waals surface area contributed by atoms with Crippen molar-refractivity contribution in [2.45, 2.75) is 12.5 Å². The minimum atomic E-state index is -0.668. The van der Waals surface area contributed by atoms with Crippen molar-refractivity contribution in [2.24, 2.45) is 5.16 Å². The Morgan fingerprint density at radius 2 is 2.22 bits per heavy atom. The standard InChI is InChI=1S/C15H11ClN4O2S/c16-13-6-5-12(23-13)10-7-11(22-20-10)14(21)19-15-17-8-3-1-2-4-9(8)18-15/h1-6,11H,7H2,(H2,17,18,19,21). The molecule has 116 valence electrons. The number of benzene rings is 1. The minimum Gasteiger partial charge on any atom is -0.382 e. The zero-order valence-corrected chi connectivity index (χ0v) is 13.3. The number of fused-ring (bicyclic) bond motifs is 1. The van der Waals surface area contributed by atoms with Crippen molar-refractivity contribution in [1.29, 1.82) is 0 Å². The fraction of sp³-hybridized carbons (Fsp3) is 0.133. The highest BCUT2D eigenvalue weighted by Gasteiger charge is 2.30. The zero-order valence-electron chi connectivity index (χ0n) is 11.7. The van der Waals surface area contributed by atoms with Gasteiger partial charge < -0.3 is 9.82 Å². The summed E-state index contributed by atoms with van der Waals surface area (Å²) >= 11 is 7.32.